The van der Waals surface area contributed by atoms with Gasteiger partial charge in [0.2, 0.25) is 0 Å². The summed E-state index contributed by atoms with van der Waals surface area (Å²) in [5.74, 6) is 1.53. The molecule has 1 fully saturated rings. The van der Waals surface area contributed by atoms with Gasteiger partial charge < -0.3 is 10.2 Å². The van der Waals surface area contributed by atoms with Gasteiger partial charge in [-0.05, 0) is 47.0 Å². The molecule has 3 nitrogen and oxygen atoms in total. The predicted molar refractivity (Wildman–Crippen MR) is 86.0 cm³/mol. The summed E-state index contributed by atoms with van der Waals surface area (Å²) >= 11 is 3.50. The number of hydrogen-bond acceptors (Lipinski definition) is 1. The van der Waals surface area contributed by atoms with Gasteiger partial charge in [-0.2, -0.15) is 0 Å². The van der Waals surface area contributed by atoms with E-state index in [1.165, 1.54) is 16.9 Å². The van der Waals surface area contributed by atoms with Crippen LogP contribution in [-0.2, 0) is 4.79 Å². The quantitative estimate of drug-likeness (QED) is 0.870. The smallest absolute Gasteiger partial charge is 0.279 e. The fourth-order valence-corrected chi connectivity index (χ4v) is 3.80. The molecule has 0 saturated carbocycles. The largest absolute Gasteiger partial charge is 0.327 e. The SMILES string of the molecule is Cc1ccc(NC(=O)C[NH+]2C[C@H](C)C[C@H](C)C2)c(Br)c1. The van der Waals surface area contributed by atoms with Gasteiger partial charge in [-0.1, -0.05) is 19.9 Å². The summed E-state index contributed by atoms with van der Waals surface area (Å²) in [7, 11) is 0. The maximum Gasteiger partial charge on any atom is 0.279 e. The highest BCUT2D eigenvalue weighted by molar-refractivity contribution is 9.10. The van der Waals surface area contributed by atoms with Crippen LogP contribution in [0.3, 0.4) is 0 Å². The van der Waals surface area contributed by atoms with Gasteiger partial charge in [0.1, 0.15) is 0 Å². The van der Waals surface area contributed by atoms with Crippen molar-refractivity contribution in [3.05, 3.63) is 28.2 Å². The predicted octanol–water partition coefficient (Wildman–Crippen LogP) is 2.26. The molecule has 1 aromatic rings. The van der Waals surface area contributed by atoms with Crippen molar-refractivity contribution in [2.24, 2.45) is 11.8 Å². The highest BCUT2D eigenvalue weighted by Crippen LogP contribution is 2.23. The molecular formula is C16H24BrN2O+. The van der Waals surface area contributed by atoms with Crippen LogP contribution < -0.4 is 10.2 Å². The first-order chi connectivity index (χ1) is 9.44. The number of rotatable bonds is 3. The minimum atomic E-state index is 0.103. The van der Waals surface area contributed by atoms with E-state index in [1.54, 1.807) is 0 Å². The van der Waals surface area contributed by atoms with Crippen LogP contribution in [-0.4, -0.2) is 25.5 Å². The molecule has 1 heterocycles. The zero-order chi connectivity index (χ0) is 14.7. The van der Waals surface area contributed by atoms with Gasteiger partial charge in [0.25, 0.3) is 5.91 Å². The average Bonchev–Trinajstić information content (AvgIpc) is 2.31. The van der Waals surface area contributed by atoms with Crippen molar-refractivity contribution in [2.45, 2.75) is 27.2 Å². The second-order valence-corrected chi connectivity index (χ2v) is 7.17. The summed E-state index contributed by atoms with van der Waals surface area (Å²) in [6.45, 7) is 9.37. The van der Waals surface area contributed by atoms with Crippen molar-refractivity contribution >= 4 is 27.5 Å². The van der Waals surface area contributed by atoms with E-state index in [4.69, 9.17) is 0 Å². The van der Waals surface area contributed by atoms with E-state index in [0.29, 0.717) is 18.4 Å². The van der Waals surface area contributed by atoms with E-state index in [2.05, 4.69) is 35.1 Å². The molecule has 4 heteroatoms. The number of nitrogens with one attached hydrogen (secondary N) is 2. The summed E-state index contributed by atoms with van der Waals surface area (Å²) in [4.78, 5) is 13.6. The minimum absolute atomic E-state index is 0.103. The summed E-state index contributed by atoms with van der Waals surface area (Å²) in [6, 6.07) is 5.99. The summed E-state index contributed by atoms with van der Waals surface area (Å²) in [5, 5.41) is 3.01. The number of anilines is 1. The molecule has 20 heavy (non-hydrogen) atoms. The van der Waals surface area contributed by atoms with E-state index in [1.807, 2.05) is 25.1 Å². The highest BCUT2D eigenvalue weighted by atomic mass is 79.9. The van der Waals surface area contributed by atoms with E-state index >= 15 is 0 Å². The van der Waals surface area contributed by atoms with E-state index in [-0.39, 0.29) is 5.91 Å². The van der Waals surface area contributed by atoms with Gasteiger partial charge in [-0.3, -0.25) is 4.79 Å². The lowest BCUT2D eigenvalue weighted by Gasteiger charge is -2.31. The third kappa shape index (κ3) is 4.32. The number of carbonyl (C=O) groups is 1. The van der Waals surface area contributed by atoms with Crippen LogP contribution in [0.4, 0.5) is 5.69 Å². The molecule has 1 unspecified atom stereocenters. The molecule has 0 bridgehead atoms. The Bertz CT molecular complexity index is 479. The Hall–Kier alpha value is -0.870. The van der Waals surface area contributed by atoms with Gasteiger partial charge in [0, 0.05) is 16.3 Å². The molecular weight excluding hydrogens is 316 g/mol. The van der Waals surface area contributed by atoms with Gasteiger partial charge in [0.05, 0.1) is 18.8 Å². The zero-order valence-electron chi connectivity index (χ0n) is 12.5. The lowest BCUT2D eigenvalue weighted by molar-refractivity contribution is -0.904. The van der Waals surface area contributed by atoms with Crippen molar-refractivity contribution in [2.75, 3.05) is 25.0 Å². The molecule has 0 spiro atoms. The van der Waals surface area contributed by atoms with Crippen LogP contribution in [0.15, 0.2) is 22.7 Å². The maximum absolute atomic E-state index is 12.2. The first kappa shape index (κ1) is 15.5. The zero-order valence-corrected chi connectivity index (χ0v) is 14.1. The van der Waals surface area contributed by atoms with Gasteiger partial charge >= 0.3 is 0 Å². The Labute approximate surface area is 129 Å². The van der Waals surface area contributed by atoms with Crippen molar-refractivity contribution in [3.63, 3.8) is 0 Å². The molecule has 0 radical (unpaired) electrons. The Balaban J connectivity index is 1.92. The third-order valence-corrected chi connectivity index (χ3v) is 4.54. The molecule has 2 N–H and O–H groups in total. The molecule has 1 aromatic carbocycles. The van der Waals surface area contributed by atoms with Gasteiger partial charge in [-0.25, -0.2) is 0 Å². The van der Waals surface area contributed by atoms with E-state index in [0.717, 1.165) is 23.2 Å². The Morgan fingerprint density at radius 3 is 2.60 bits per heavy atom. The lowest BCUT2D eigenvalue weighted by Crippen LogP contribution is -3.15. The van der Waals surface area contributed by atoms with Crippen LogP contribution >= 0.6 is 15.9 Å². The second kappa shape index (κ2) is 6.72. The molecule has 2 rings (SSSR count). The van der Waals surface area contributed by atoms with Crippen molar-refractivity contribution in [1.29, 1.82) is 0 Å². The number of amides is 1. The molecule has 110 valence electrons. The van der Waals surface area contributed by atoms with Crippen molar-refractivity contribution in [1.82, 2.24) is 0 Å². The molecule has 1 aliphatic heterocycles. The van der Waals surface area contributed by atoms with Crippen LogP contribution in [0.5, 0.6) is 0 Å². The molecule has 1 saturated heterocycles. The number of likely N-dealkylation sites (tertiary alicyclic amines) is 1. The fraction of sp³-hybridized carbons (Fsp3) is 0.562. The molecule has 1 amide bonds. The summed E-state index contributed by atoms with van der Waals surface area (Å²) in [5.41, 5.74) is 2.04. The fourth-order valence-electron chi connectivity index (χ4n) is 3.21. The van der Waals surface area contributed by atoms with Crippen molar-refractivity contribution in [3.8, 4) is 0 Å². The van der Waals surface area contributed by atoms with Crippen LogP contribution in [0, 0.1) is 18.8 Å². The Morgan fingerprint density at radius 1 is 1.35 bits per heavy atom. The number of hydrogen-bond donors (Lipinski definition) is 2. The first-order valence-corrected chi connectivity index (χ1v) is 8.13. The highest BCUT2D eigenvalue weighted by Gasteiger charge is 2.26. The number of piperidine rings is 1. The normalized spacial score (nSPS) is 26.3. The molecule has 0 aromatic heterocycles. The first-order valence-electron chi connectivity index (χ1n) is 7.33. The molecule has 0 aliphatic carbocycles. The van der Waals surface area contributed by atoms with Gasteiger partial charge in [0.15, 0.2) is 6.54 Å². The lowest BCUT2D eigenvalue weighted by atomic mass is 9.92. The summed E-state index contributed by atoms with van der Waals surface area (Å²) < 4.78 is 0.946. The number of benzene rings is 1. The average molecular weight is 340 g/mol. The number of halogens is 1. The van der Waals surface area contributed by atoms with Crippen molar-refractivity contribution < 1.29 is 9.69 Å². The Morgan fingerprint density at radius 2 is 2.00 bits per heavy atom. The van der Waals surface area contributed by atoms with Gasteiger partial charge in [-0.15, -0.1) is 0 Å². The Kier molecular flexibility index (Phi) is 5.22. The standard InChI is InChI=1S/C16H23BrN2O/c1-11-4-5-15(14(17)7-11)18-16(20)10-19-8-12(2)6-13(3)9-19/h4-5,7,12-13H,6,8-10H2,1-3H3,(H,18,20)/p+1/t12-,13+. The van der Waals surface area contributed by atoms with E-state index in [9.17, 15) is 4.79 Å². The summed E-state index contributed by atoms with van der Waals surface area (Å²) in [6.07, 6.45) is 1.29. The number of aryl methyl sites for hydroxylation is 1. The minimum Gasteiger partial charge on any atom is -0.327 e. The maximum atomic E-state index is 12.2. The van der Waals surface area contributed by atoms with Crippen LogP contribution in [0.1, 0.15) is 25.8 Å². The molecule has 1 aliphatic rings. The monoisotopic (exact) mass is 339 g/mol. The third-order valence-electron chi connectivity index (χ3n) is 3.89. The van der Waals surface area contributed by atoms with Crippen LogP contribution in [0.25, 0.3) is 0 Å². The topological polar surface area (TPSA) is 33.5 Å². The van der Waals surface area contributed by atoms with Crippen LogP contribution in [0.2, 0.25) is 0 Å². The number of quaternary nitrogens is 1. The van der Waals surface area contributed by atoms with E-state index < -0.39 is 0 Å². The second-order valence-electron chi connectivity index (χ2n) is 6.31. The number of carbonyl (C=O) groups excluding carboxylic acids is 1. The molecule has 3 atom stereocenters.